The second-order valence-electron chi connectivity index (χ2n) is 10.4. The van der Waals surface area contributed by atoms with Crippen LogP contribution < -0.4 is 0 Å². The average Bonchev–Trinajstić information content (AvgIpc) is 2.96. The van der Waals surface area contributed by atoms with E-state index in [1.807, 2.05) is 23.9 Å². The van der Waals surface area contributed by atoms with Crippen molar-refractivity contribution in [1.82, 2.24) is 0 Å². The van der Waals surface area contributed by atoms with Crippen molar-refractivity contribution >= 4 is 23.7 Å². The second-order valence-corrected chi connectivity index (χ2v) is 11.6. The van der Waals surface area contributed by atoms with Crippen molar-refractivity contribution in [3.8, 4) is 11.1 Å². The molecule has 0 heterocycles. The van der Waals surface area contributed by atoms with Crippen molar-refractivity contribution in [3.63, 3.8) is 0 Å². The number of rotatable bonds is 21. The predicted octanol–water partition coefficient (Wildman–Crippen LogP) is 10.0. The fraction of sp³-hybridized carbons (Fsp3) is 0.588. The second kappa shape index (κ2) is 20.6. The molecule has 2 aromatic carbocycles. The highest BCUT2D eigenvalue weighted by molar-refractivity contribution is 7.99. The molecule has 0 aliphatic carbocycles. The van der Waals surface area contributed by atoms with Crippen molar-refractivity contribution in [2.24, 2.45) is 0 Å². The van der Waals surface area contributed by atoms with Gasteiger partial charge in [0.1, 0.15) is 0 Å². The molecular weight excluding hydrogens is 504 g/mol. The number of benzene rings is 2. The van der Waals surface area contributed by atoms with Gasteiger partial charge < -0.3 is 9.47 Å². The largest absolute Gasteiger partial charge is 0.463 e. The molecule has 2 rings (SSSR count). The first-order valence-electron chi connectivity index (χ1n) is 15.3. The standard InChI is InChI=1S/C34H50O4S/c1-4-6-8-10-12-13-15-17-27-39-32-24-22-30(23-25-32)29-18-20-31(21-19-29)34(36)38-28(3)33(35)37-26-16-14-11-9-7-5-2/h18-25,28H,4-17,26-27H2,1-3H3/t28-/m0/s1. The zero-order valence-electron chi connectivity index (χ0n) is 24.6. The highest BCUT2D eigenvalue weighted by Gasteiger charge is 2.20. The van der Waals surface area contributed by atoms with Gasteiger partial charge in [0.15, 0.2) is 6.10 Å². The van der Waals surface area contributed by atoms with Crippen molar-refractivity contribution in [3.05, 3.63) is 54.1 Å². The van der Waals surface area contributed by atoms with Crippen molar-refractivity contribution in [2.75, 3.05) is 12.4 Å². The first-order chi connectivity index (χ1) is 19.0. The van der Waals surface area contributed by atoms with E-state index in [-0.39, 0.29) is 0 Å². The van der Waals surface area contributed by atoms with Gasteiger partial charge in [0.2, 0.25) is 0 Å². The number of hydrogen-bond donors (Lipinski definition) is 0. The third-order valence-corrected chi connectivity index (χ3v) is 8.03. The van der Waals surface area contributed by atoms with E-state index in [9.17, 15) is 9.59 Å². The van der Waals surface area contributed by atoms with E-state index < -0.39 is 18.0 Å². The Kier molecular flexibility index (Phi) is 17.4. The summed E-state index contributed by atoms with van der Waals surface area (Å²) in [4.78, 5) is 26.0. The van der Waals surface area contributed by atoms with Gasteiger partial charge in [-0.05, 0) is 60.9 Å². The van der Waals surface area contributed by atoms with Crippen LogP contribution in [0.2, 0.25) is 0 Å². The summed E-state index contributed by atoms with van der Waals surface area (Å²) in [5.41, 5.74) is 2.57. The van der Waals surface area contributed by atoms with Gasteiger partial charge in [-0.1, -0.05) is 115 Å². The summed E-state index contributed by atoms with van der Waals surface area (Å²) in [5.74, 6) is 0.156. The van der Waals surface area contributed by atoms with Crippen molar-refractivity contribution in [1.29, 1.82) is 0 Å². The molecule has 0 aliphatic rings. The van der Waals surface area contributed by atoms with E-state index in [1.165, 1.54) is 75.5 Å². The maximum atomic E-state index is 12.5. The average molecular weight is 555 g/mol. The molecule has 0 spiro atoms. The first-order valence-corrected chi connectivity index (χ1v) is 16.2. The molecule has 0 radical (unpaired) electrons. The first kappa shape index (κ1) is 32.9. The summed E-state index contributed by atoms with van der Waals surface area (Å²) in [6, 6.07) is 15.9. The predicted molar refractivity (Wildman–Crippen MR) is 164 cm³/mol. The molecule has 0 bridgehead atoms. The van der Waals surface area contributed by atoms with Crippen LogP contribution in [0, 0.1) is 0 Å². The molecule has 0 aliphatic heterocycles. The molecule has 0 fully saturated rings. The summed E-state index contributed by atoms with van der Waals surface area (Å²) in [6.45, 7) is 6.39. The SMILES string of the molecule is CCCCCCCCCCSc1ccc(-c2ccc(C(=O)O[C@@H](C)C(=O)OCCCCCCCC)cc2)cc1. The van der Waals surface area contributed by atoms with Crippen LogP contribution >= 0.6 is 11.8 Å². The van der Waals surface area contributed by atoms with E-state index in [1.54, 1.807) is 19.1 Å². The maximum Gasteiger partial charge on any atom is 0.347 e. The Hall–Kier alpha value is -2.27. The lowest BCUT2D eigenvalue weighted by Gasteiger charge is -2.13. The van der Waals surface area contributed by atoms with E-state index >= 15 is 0 Å². The Balaban J connectivity index is 1.68. The molecule has 0 saturated heterocycles. The van der Waals surface area contributed by atoms with Crippen LogP contribution in [0.25, 0.3) is 11.1 Å². The van der Waals surface area contributed by atoms with E-state index in [0.717, 1.165) is 36.1 Å². The number of unbranched alkanes of at least 4 members (excludes halogenated alkanes) is 12. The van der Waals surface area contributed by atoms with Crippen LogP contribution in [-0.2, 0) is 14.3 Å². The molecule has 5 heteroatoms. The van der Waals surface area contributed by atoms with Gasteiger partial charge in [0.05, 0.1) is 12.2 Å². The number of carbonyl (C=O) groups is 2. The number of esters is 2. The van der Waals surface area contributed by atoms with Gasteiger partial charge in [-0.2, -0.15) is 0 Å². The van der Waals surface area contributed by atoms with Gasteiger partial charge in [0.25, 0.3) is 0 Å². The van der Waals surface area contributed by atoms with E-state index in [0.29, 0.717) is 12.2 Å². The summed E-state index contributed by atoms with van der Waals surface area (Å²) in [6.07, 6.45) is 16.6. The monoisotopic (exact) mass is 554 g/mol. The molecule has 39 heavy (non-hydrogen) atoms. The molecular formula is C34H50O4S. The minimum atomic E-state index is -0.923. The Morgan fingerprint density at radius 1 is 0.667 bits per heavy atom. The maximum absolute atomic E-state index is 12.5. The fourth-order valence-electron chi connectivity index (χ4n) is 4.42. The number of ether oxygens (including phenoxy) is 2. The molecule has 216 valence electrons. The molecule has 2 aromatic rings. The van der Waals surface area contributed by atoms with Gasteiger partial charge in [0, 0.05) is 4.90 Å². The topological polar surface area (TPSA) is 52.6 Å². The smallest absolute Gasteiger partial charge is 0.347 e. The lowest BCUT2D eigenvalue weighted by atomic mass is 10.0. The summed E-state index contributed by atoms with van der Waals surface area (Å²) in [5, 5.41) is 0. The zero-order chi connectivity index (χ0) is 28.1. The molecule has 0 unspecified atom stereocenters. The van der Waals surface area contributed by atoms with Crippen LogP contribution in [0.15, 0.2) is 53.4 Å². The summed E-state index contributed by atoms with van der Waals surface area (Å²) < 4.78 is 10.6. The van der Waals surface area contributed by atoms with Gasteiger partial charge in [-0.25, -0.2) is 9.59 Å². The molecule has 4 nitrogen and oxygen atoms in total. The number of hydrogen-bond acceptors (Lipinski definition) is 5. The van der Waals surface area contributed by atoms with Crippen LogP contribution in [0.1, 0.15) is 121 Å². The Morgan fingerprint density at radius 2 is 1.15 bits per heavy atom. The van der Waals surface area contributed by atoms with E-state index in [2.05, 4.69) is 38.1 Å². The van der Waals surface area contributed by atoms with Crippen LogP contribution in [0.4, 0.5) is 0 Å². The Bertz CT molecular complexity index is 923. The Morgan fingerprint density at radius 3 is 1.72 bits per heavy atom. The number of thioether (sulfide) groups is 1. The molecule has 1 atom stereocenters. The molecule has 0 saturated carbocycles. The third-order valence-electron chi connectivity index (χ3n) is 6.93. The minimum absolute atomic E-state index is 0.373. The highest BCUT2D eigenvalue weighted by atomic mass is 32.2. The zero-order valence-corrected chi connectivity index (χ0v) is 25.4. The van der Waals surface area contributed by atoms with Crippen molar-refractivity contribution < 1.29 is 19.1 Å². The van der Waals surface area contributed by atoms with Crippen molar-refractivity contribution in [2.45, 2.75) is 122 Å². The lowest BCUT2D eigenvalue weighted by molar-refractivity contribution is -0.153. The molecule has 0 aromatic heterocycles. The molecule has 0 N–H and O–H groups in total. The Labute approximate surface area is 241 Å². The summed E-state index contributed by atoms with van der Waals surface area (Å²) >= 11 is 1.92. The third kappa shape index (κ3) is 14.1. The van der Waals surface area contributed by atoms with Crippen LogP contribution in [0.3, 0.4) is 0 Å². The quantitative estimate of drug-likeness (QED) is 0.0873. The highest BCUT2D eigenvalue weighted by Crippen LogP contribution is 2.26. The molecule has 0 amide bonds. The van der Waals surface area contributed by atoms with Gasteiger partial charge >= 0.3 is 11.9 Å². The van der Waals surface area contributed by atoms with Crippen LogP contribution in [0.5, 0.6) is 0 Å². The minimum Gasteiger partial charge on any atom is -0.463 e. The van der Waals surface area contributed by atoms with Gasteiger partial charge in [-0.15, -0.1) is 11.8 Å². The fourth-order valence-corrected chi connectivity index (χ4v) is 5.33. The van der Waals surface area contributed by atoms with Crippen LogP contribution in [-0.4, -0.2) is 30.4 Å². The number of carbonyl (C=O) groups excluding carboxylic acids is 2. The lowest BCUT2D eigenvalue weighted by Crippen LogP contribution is -2.26. The summed E-state index contributed by atoms with van der Waals surface area (Å²) in [7, 11) is 0. The van der Waals surface area contributed by atoms with Gasteiger partial charge in [-0.3, -0.25) is 0 Å². The van der Waals surface area contributed by atoms with E-state index in [4.69, 9.17) is 9.47 Å². The normalized spacial score (nSPS) is 11.8.